The first-order valence-corrected chi connectivity index (χ1v) is 19.4. The van der Waals surface area contributed by atoms with Gasteiger partial charge in [0.25, 0.3) is 0 Å². The van der Waals surface area contributed by atoms with Crippen molar-refractivity contribution in [1.29, 1.82) is 0 Å². The van der Waals surface area contributed by atoms with Crippen LogP contribution in [0.4, 0.5) is 0 Å². The van der Waals surface area contributed by atoms with E-state index in [1.54, 1.807) is 6.08 Å². The van der Waals surface area contributed by atoms with E-state index in [1.165, 1.54) is 65.9 Å². The maximum absolute atomic E-state index is 6.48. The highest BCUT2D eigenvalue weighted by Gasteiger charge is 2.14. The Morgan fingerprint density at radius 1 is 0.351 bits per heavy atom. The van der Waals surface area contributed by atoms with Crippen LogP contribution < -0.4 is 5.73 Å². The molecule has 0 atom stereocenters. The SMILES string of the molecule is C=C/C(N)=C/c1c(/C=C\c2c(/C=C\c3ccc(-c4ccccc4)c4ccccc34)cc(-c3ccccc3)c3ccccc23)cc(-c2ccccc2)c2ccccc12. The topological polar surface area (TPSA) is 26.0 Å². The monoisotopic (exact) mass is 727 g/mol. The van der Waals surface area contributed by atoms with Gasteiger partial charge in [0.05, 0.1) is 0 Å². The van der Waals surface area contributed by atoms with Gasteiger partial charge in [0.1, 0.15) is 0 Å². The van der Waals surface area contributed by atoms with E-state index in [4.69, 9.17) is 5.73 Å². The minimum atomic E-state index is 0.619. The van der Waals surface area contributed by atoms with Crippen LogP contribution in [0.25, 0.3) is 96.1 Å². The molecule has 0 saturated heterocycles. The van der Waals surface area contributed by atoms with Gasteiger partial charge in [-0.3, -0.25) is 0 Å². The van der Waals surface area contributed by atoms with Crippen molar-refractivity contribution in [1.82, 2.24) is 0 Å². The highest BCUT2D eigenvalue weighted by molar-refractivity contribution is 6.08. The molecule has 0 heterocycles. The average Bonchev–Trinajstić information content (AvgIpc) is 3.28. The largest absolute Gasteiger partial charge is 0.399 e. The molecule has 0 fully saturated rings. The molecule has 0 amide bonds. The molecule has 9 rings (SSSR count). The maximum Gasteiger partial charge on any atom is 0.0314 e. The lowest BCUT2D eigenvalue weighted by Crippen LogP contribution is -1.95. The van der Waals surface area contributed by atoms with Crippen molar-refractivity contribution >= 4 is 62.7 Å². The minimum Gasteiger partial charge on any atom is -0.399 e. The summed E-state index contributed by atoms with van der Waals surface area (Å²) < 4.78 is 0. The molecule has 2 N–H and O–H groups in total. The van der Waals surface area contributed by atoms with Crippen molar-refractivity contribution in [2.24, 2.45) is 5.73 Å². The first kappa shape index (κ1) is 35.2. The van der Waals surface area contributed by atoms with Crippen LogP contribution >= 0.6 is 0 Å². The molecule has 0 saturated carbocycles. The zero-order valence-corrected chi connectivity index (χ0v) is 31.6. The quantitative estimate of drug-likeness (QED) is 0.116. The fourth-order valence-corrected chi connectivity index (χ4v) is 8.09. The van der Waals surface area contributed by atoms with Gasteiger partial charge >= 0.3 is 0 Å². The van der Waals surface area contributed by atoms with Gasteiger partial charge in [0, 0.05) is 5.70 Å². The van der Waals surface area contributed by atoms with Gasteiger partial charge in [-0.15, -0.1) is 0 Å². The van der Waals surface area contributed by atoms with Gasteiger partial charge < -0.3 is 5.73 Å². The molecule has 57 heavy (non-hydrogen) atoms. The van der Waals surface area contributed by atoms with Crippen LogP contribution in [0.1, 0.15) is 27.8 Å². The number of benzene rings is 9. The molecule has 0 aliphatic heterocycles. The van der Waals surface area contributed by atoms with Crippen molar-refractivity contribution in [3.63, 3.8) is 0 Å². The van der Waals surface area contributed by atoms with E-state index in [0.29, 0.717) is 5.70 Å². The fraction of sp³-hybridized carbons (Fsp3) is 0. The first-order chi connectivity index (χ1) is 28.2. The predicted octanol–water partition coefficient (Wildman–Crippen LogP) is 15.0. The van der Waals surface area contributed by atoms with E-state index in [2.05, 4.69) is 219 Å². The summed E-state index contributed by atoms with van der Waals surface area (Å²) in [6.07, 6.45) is 12.9. The van der Waals surface area contributed by atoms with Crippen LogP contribution in [0.5, 0.6) is 0 Å². The predicted molar refractivity (Wildman–Crippen MR) is 248 cm³/mol. The maximum atomic E-state index is 6.48. The lowest BCUT2D eigenvalue weighted by Gasteiger charge is -2.16. The van der Waals surface area contributed by atoms with Crippen molar-refractivity contribution in [3.05, 3.63) is 234 Å². The Bertz CT molecular complexity index is 3000. The van der Waals surface area contributed by atoms with E-state index in [0.717, 1.165) is 27.6 Å². The van der Waals surface area contributed by atoms with E-state index >= 15 is 0 Å². The second kappa shape index (κ2) is 15.7. The van der Waals surface area contributed by atoms with Crippen molar-refractivity contribution in [3.8, 4) is 33.4 Å². The average molecular weight is 728 g/mol. The molecule has 0 radical (unpaired) electrons. The van der Waals surface area contributed by atoms with Gasteiger partial charge in [-0.25, -0.2) is 0 Å². The van der Waals surface area contributed by atoms with E-state index in [-0.39, 0.29) is 0 Å². The lowest BCUT2D eigenvalue weighted by molar-refractivity contribution is 1.46. The second-order valence-corrected chi connectivity index (χ2v) is 14.3. The van der Waals surface area contributed by atoms with Crippen molar-refractivity contribution in [2.45, 2.75) is 0 Å². The van der Waals surface area contributed by atoms with Gasteiger partial charge in [-0.1, -0.05) is 207 Å². The number of allylic oxidation sites excluding steroid dienone is 1. The summed E-state index contributed by atoms with van der Waals surface area (Å²) in [6.45, 7) is 3.97. The molecule has 9 aromatic carbocycles. The number of nitrogens with two attached hydrogens (primary N) is 1. The van der Waals surface area contributed by atoms with Crippen LogP contribution in [0, 0.1) is 0 Å². The van der Waals surface area contributed by atoms with Gasteiger partial charge in [0.15, 0.2) is 0 Å². The van der Waals surface area contributed by atoms with E-state index in [9.17, 15) is 0 Å². The van der Waals surface area contributed by atoms with Crippen LogP contribution in [0.15, 0.2) is 206 Å². The summed E-state index contributed by atoms with van der Waals surface area (Å²) in [4.78, 5) is 0. The fourth-order valence-electron chi connectivity index (χ4n) is 8.09. The number of hydrogen-bond donors (Lipinski definition) is 1. The highest BCUT2D eigenvalue weighted by atomic mass is 14.5. The second-order valence-electron chi connectivity index (χ2n) is 14.3. The molecular weight excluding hydrogens is 687 g/mol. The standard InChI is InChI=1S/C56H41N/c1-2-45(57)38-56-44(37-55(41-22-10-5-11-23-41)52-28-16-17-29-53(52)56)33-35-48-43(36-54(40-20-8-4-9-21-40)51-27-15-14-26-50(48)51)31-30-42-32-34-47(39-18-6-3-7-19-39)49-25-13-12-24-46(42)49/h2-38H,1,57H2/b31-30-,35-33-,45-38-. The summed E-state index contributed by atoms with van der Waals surface area (Å²) in [5, 5.41) is 7.16. The van der Waals surface area contributed by atoms with Crippen LogP contribution in [-0.4, -0.2) is 0 Å². The third-order valence-corrected chi connectivity index (χ3v) is 10.9. The number of fused-ring (bicyclic) bond motifs is 3. The van der Waals surface area contributed by atoms with E-state index in [1.807, 2.05) is 6.08 Å². The summed E-state index contributed by atoms with van der Waals surface area (Å²) in [6, 6.07) is 67.1. The van der Waals surface area contributed by atoms with Gasteiger partial charge in [-0.2, -0.15) is 0 Å². The molecule has 0 spiro atoms. The van der Waals surface area contributed by atoms with Crippen molar-refractivity contribution in [2.75, 3.05) is 0 Å². The third-order valence-electron chi connectivity index (χ3n) is 10.9. The molecule has 0 aromatic heterocycles. The summed E-state index contributed by atoms with van der Waals surface area (Å²) in [5.41, 5.74) is 19.9. The molecule has 0 bridgehead atoms. The first-order valence-electron chi connectivity index (χ1n) is 19.4. The summed E-state index contributed by atoms with van der Waals surface area (Å²) >= 11 is 0. The molecular formula is C56H41N. The summed E-state index contributed by atoms with van der Waals surface area (Å²) in [5.74, 6) is 0. The van der Waals surface area contributed by atoms with Crippen LogP contribution in [0.2, 0.25) is 0 Å². The lowest BCUT2D eigenvalue weighted by atomic mass is 9.88. The van der Waals surface area contributed by atoms with Crippen LogP contribution in [-0.2, 0) is 0 Å². The molecule has 0 aliphatic rings. The molecule has 270 valence electrons. The normalized spacial score (nSPS) is 12.0. The molecule has 9 aromatic rings. The molecule has 0 aliphatic carbocycles. The van der Waals surface area contributed by atoms with Gasteiger partial charge in [-0.05, 0) is 118 Å². The molecule has 1 nitrogen and oxygen atoms in total. The zero-order valence-electron chi connectivity index (χ0n) is 31.6. The Labute approximate surface area is 334 Å². The van der Waals surface area contributed by atoms with Crippen LogP contribution in [0.3, 0.4) is 0 Å². The Hall–Kier alpha value is -7.48. The number of hydrogen-bond acceptors (Lipinski definition) is 1. The Morgan fingerprint density at radius 3 is 1.26 bits per heavy atom. The molecule has 0 unspecified atom stereocenters. The minimum absolute atomic E-state index is 0.619. The highest BCUT2D eigenvalue weighted by Crippen LogP contribution is 2.39. The Kier molecular flexibility index (Phi) is 9.71. The Morgan fingerprint density at radius 2 is 0.737 bits per heavy atom. The number of rotatable bonds is 9. The van der Waals surface area contributed by atoms with Gasteiger partial charge in [0.2, 0.25) is 0 Å². The Balaban J connectivity index is 1.27. The molecule has 1 heteroatoms. The third kappa shape index (κ3) is 6.99. The van der Waals surface area contributed by atoms with E-state index < -0.39 is 0 Å². The smallest absolute Gasteiger partial charge is 0.0314 e. The van der Waals surface area contributed by atoms with Crippen molar-refractivity contribution < 1.29 is 0 Å². The zero-order chi connectivity index (χ0) is 38.6. The summed E-state index contributed by atoms with van der Waals surface area (Å²) in [7, 11) is 0.